The zero-order chi connectivity index (χ0) is 20.2. The summed E-state index contributed by atoms with van der Waals surface area (Å²) < 4.78 is 5.94. The number of nitrogens with zero attached hydrogens (tertiary/aromatic N) is 2. The molecule has 0 spiro atoms. The Kier molecular flexibility index (Phi) is 7.14. The minimum atomic E-state index is 0. The average Bonchev–Trinajstić information content (AvgIpc) is 3.13. The number of fused-ring (bicyclic) bond motifs is 1. The van der Waals surface area contributed by atoms with Crippen molar-refractivity contribution in [1.82, 2.24) is 9.80 Å². The molecule has 0 bridgehead atoms. The number of hydrogen-bond donors (Lipinski definition) is 0. The maximum Gasteiger partial charge on any atom is 0.254 e. The van der Waals surface area contributed by atoms with E-state index in [4.69, 9.17) is 4.42 Å². The van der Waals surface area contributed by atoms with Crippen LogP contribution in [-0.4, -0.2) is 36.3 Å². The second-order valence-corrected chi connectivity index (χ2v) is 7.74. The van der Waals surface area contributed by atoms with Crippen LogP contribution in [0.2, 0.25) is 0 Å². The number of benzene rings is 2. The first-order chi connectivity index (χ1) is 14.1. The van der Waals surface area contributed by atoms with Crippen LogP contribution >= 0.6 is 12.4 Å². The number of furan rings is 1. The molecule has 2 aromatic carbocycles. The molecule has 30 heavy (non-hydrogen) atoms. The second-order valence-electron chi connectivity index (χ2n) is 7.74. The van der Waals surface area contributed by atoms with Crippen LogP contribution in [0.5, 0.6) is 0 Å². The first kappa shape index (κ1) is 21.9. The molecule has 1 aromatic heterocycles. The lowest BCUT2D eigenvalue weighted by Gasteiger charge is -2.26. The van der Waals surface area contributed by atoms with Gasteiger partial charge in [0.1, 0.15) is 11.5 Å². The predicted octanol–water partition coefficient (Wildman–Crippen LogP) is 5.13. The van der Waals surface area contributed by atoms with Gasteiger partial charge in [0.25, 0.3) is 5.91 Å². The van der Waals surface area contributed by atoms with Gasteiger partial charge < -0.3 is 14.2 Å². The van der Waals surface area contributed by atoms with Gasteiger partial charge in [0.15, 0.2) is 0 Å². The Morgan fingerprint density at radius 3 is 2.37 bits per heavy atom. The zero-order valence-electron chi connectivity index (χ0n) is 17.4. The van der Waals surface area contributed by atoms with Gasteiger partial charge in [-0.15, -0.1) is 12.4 Å². The van der Waals surface area contributed by atoms with E-state index in [1.807, 2.05) is 61.5 Å². The Morgan fingerprint density at radius 2 is 1.70 bits per heavy atom. The summed E-state index contributed by atoms with van der Waals surface area (Å²) >= 11 is 0. The lowest BCUT2D eigenvalue weighted by atomic mass is 10.1. The highest BCUT2D eigenvalue weighted by molar-refractivity contribution is 5.94. The number of amides is 1. The molecular weight excluding hydrogens is 396 g/mol. The van der Waals surface area contributed by atoms with E-state index in [0.29, 0.717) is 13.1 Å². The van der Waals surface area contributed by atoms with Crippen molar-refractivity contribution in [3.05, 3.63) is 94.4 Å². The van der Waals surface area contributed by atoms with Gasteiger partial charge in [-0.3, -0.25) is 4.79 Å². The maximum atomic E-state index is 13.0. The lowest BCUT2D eigenvalue weighted by Crippen LogP contribution is -2.35. The Balaban J connectivity index is 0.00000256. The second kappa shape index (κ2) is 9.79. The molecular formula is C25H27ClN2O2. The van der Waals surface area contributed by atoms with Crippen LogP contribution < -0.4 is 0 Å². The van der Waals surface area contributed by atoms with Crippen LogP contribution in [0, 0.1) is 0 Å². The molecule has 0 radical (unpaired) electrons. The molecule has 0 saturated heterocycles. The summed E-state index contributed by atoms with van der Waals surface area (Å²) in [6, 6.07) is 20.1. The fraction of sp³-hybridized carbons (Fsp3) is 0.240. The highest BCUT2D eigenvalue weighted by Gasteiger charge is 2.25. The molecule has 0 aliphatic carbocycles. The fourth-order valence-corrected chi connectivity index (χ4v) is 3.63. The van der Waals surface area contributed by atoms with Crippen LogP contribution in [0.25, 0.3) is 12.2 Å². The van der Waals surface area contributed by atoms with Gasteiger partial charge in [-0.05, 0) is 43.4 Å². The number of halogens is 1. The minimum absolute atomic E-state index is 0. The summed E-state index contributed by atoms with van der Waals surface area (Å²) in [7, 11) is 4.05. The molecule has 1 aliphatic rings. The highest BCUT2D eigenvalue weighted by atomic mass is 35.5. The van der Waals surface area contributed by atoms with E-state index < -0.39 is 0 Å². The van der Waals surface area contributed by atoms with Crippen LogP contribution in [0.4, 0.5) is 0 Å². The van der Waals surface area contributed by atoms with Crippen molar-refractivity contribution in [2.45, 2.75) is 19.5 Å². The van der Waals surface area contributed by atoms with Gasteiger partial charge in [0, 0.05) is 30.6 Å². The van der Waals surface area contributed by atoms with Gasteiger partial charge in [-0.2, -0.15) is 0 Å². The van der Waals surface area contributed by atoms with Crippen molar-refractivity contribution in [3.63, 3.8) is 0 Å². The standard InChI is InChI=1S/C25H26N2O2.ClH/c1-26(2)18-23-16-22-17-27(15-14-24(22)29-23)25(28)21-12-10-20(11-13-21)9-8-19-6-4-3-5-7-19;/h3-13,16H,14-15,17-18H2,1-2H3;1H/b9-8-;. The molecule has 4 rings (SSSR count). The number of carbonyl (C=O) groups excluding carboxylic acids is 1. The highest BCUT2D eigenvalue weighted by Crippen LogP contribution is 2.25. The van der Waals surface area contributed by atoms with Gasteiger partial charge >= 0.3 is 0 Å². The molecule has 2 heterocycles. The first-order valence-corrected chi connectivity index (χ1v) is 9.96. The van der Waals surface area contributed by atoms with Gasteiger partial charge in [0.05, 0.1) is 6.54 Å². The van der Waals surface area contributed by atoms with Crippen LogP contribution in [0.3, 0.4) is 0 Å². The minimum Gasteiger partial charge on any atom is -0.464 e. The Bertz CT molecular complexity index is 1010. The normalized spacial score (nSPS) is 13.4. The van der Waals surface area contributed by atoms with E-state index in [0.717, 1.165) is 46.7 Å². The van der Waals surface area contributed by atoms with Crippen LogP contribution in [0.1, 0.15) is 38.6 Å². The van der Waals surface area contributed by atoms with E-state index in [1.54, 1.807) is 0 Å². The van der Waals surface area contributed by atoms with Crippen molar-refractivity contribution < 1.29 is 9.21 Å². The molecule has 156 valence electrons. The third-order valence-corrected chi connectivity index (χ3v) is 5.10. The average molecular weight is 423 g/mol. The van der Waals surface area contributed by atoms with E-state index in [9.17, 15) is 4.79 Å². The van der Waals surface area contributed by atoms with Gasteiger partial charge in [-0.1, -0.05) is 54.6 Å². The van der Waals surface area contributed by atoms with E-state index in [2.05, 4.69) is 35.3 Å². The van der Waals surface area contributed by atoms with Crippen LogP contribution in [0.15, 0.2) is 65.1 Å². The van der Waals surface area contributed by atoms with Gasteiger partial charge in [-0.25, -0.2) is 0 Å². The quantitative estimate of drug-likeness (QED) is 0.534. The number of rotatable bonds is 5. The first-order valence-electron chi connectivity index (χ1n) is 9.96. The molecule has 1 amide bonds. The summed E-state index contributed by atoms with van der Waals surface area (Å²) in [5.74, 6) is 2.06. The monoisotopic (exact) mass is 422 g/mol. The molecule has 5 heteroatoms. The molecule has 3 aromatic rings. The maximum absolute atomic E-state index is 13.0. The zero-order valence-corrected chi connectivity index (χ0v) is 18.2. The van der Waals surface area contributed by atoms with Crippen molar-refractivity contribution in [2.24, 2.45) is 0 Å². The molecule has 4 nitrogen and oxygen atoms in total. The Morgan fingerprint density at radius 1 is 1.03 bits per heavy atom. The summed E-state index contributed by atoms with van der Waals surface area (Å²) in [6.45, 7) is 2.08. The van der Waals surface area contributed by atoms with Crippen molar-refractivity contribution in [2.75, 3.05) is 20.6 Å². The molecule has 0 unspecified atom stereocenters. The smallest absolute Gasteiger partial charge is 0.254 e. The fourth-order valence-electron chi connectivity index (χ4n) is 3.63. The molecule has 0 atom stereocenters. The number of carbonyl (C=O) groups is 1. The van der Waals surface area contributed by atoms with E-state index >= 15 is 0 Å². The topological polar surface area (TPSA) is 36.7 Å². The Labute approximate surface area is 184 Å². The molecule has 1 aliphatic heterocycles. The summed E-state index contributed by atoms with van der Waals surface area (Å²) in [4.78, 5) is 16.9. The predicted molar refractivity (Wildman–Crippen MR) is 124 cm³/mol. The molecule has 0 saturated carbocycles. The number of hydrogen-bond acceptors (Lipinski definition) is 3. The third-order valence-electron chi connectivity index (χ3n) is 5.10. The SMILES string of the molecule is CN(C)Cc1cc2c(o1)CCN(C(=O)c1ccc(/C=C\c3ccccc3)cc1)C2.Cl. The van der Waals surface area contributed by atoms with Crippen molar-refractivity contribution in [3.8, 4) is 0 Å². The largest absolute Gasteiger partial charge is 0.464 e. The summed E-state index contributed by atoms with van der Waals surface area (Å²) in [6.07, 6.45) is 4.91. The molecule has 0 N–H and O–H groups in total. The van der Waals surface area contributed by atoms with Crippen molar-refractivity contribution >= 4 is 30.5 Å². The van der Waals surface area contributed by atoms with Crippen LogP contribution in [-0.2, 0) is 19.5 Å². The van der Waals surface area contributed by atoms with E-state index in [1.165, 1.54) is 0 Å². The van der Waals surface area contributed by atoms with Gasteiger partial charge in [0.2, 0.25) is 0 Å². The molecule has 0 fully saturated rings. The Hall–Kier alpha value is -2.82. The lowest BCUT2D eigenvalue weighted by molar-refractivity contribution is 0.0729. The van der Waals surface area contributed by atoms with Crippen molar-refractivity contribution in [1.29, 1.82) is 0 Å². The summed E-state index contributed by atoms with van der Waals surface area (Å²) in [5, 5.41) is 0. The van der Waals surface area contributed by atoms with E-state index in [-0.39, 0.29) is 18.3 Å². The summed E-state index contributed by atoms with van der Waals surface area (Å²) in [5.41, 5.74) is 4.09. The third kappa shape index (κ3) is 5.21.